The Morgan fingerprint density at radius 3 is 1.47 bits per heavy atom. The fourth-order valence-corrected chi connectivity index (χ4v) is 12.1. The summed E-state index contributed by atoms with van der Waals surface area (Å²) in [6.07, 6.45) is 10.3. The van der Waals surface area contributed by atoms with E-state index in [0.29, 0.717) is 86.5 Å². The Kier molecular flexibility index (Phi) is 18.3. The number of rotatable bonds is 12. The zero-order valence-electron chi connectivity index (χ0n) is 43.5. The van der Waals surface area contributed by atoms with Crippen molar-refractivity contribution in [2.24, 2.45) is 0 Å². The number of anilines is 2. The van der Waals surface area contributed by atoms with Gasteiger partial charge >= 0.3 is 0 Å². The summed E-state index contributed by atoms with van der Waals surface area (Å²) in [5.74, 6) is 1.67. The molecule has 0 unspecified atom stereocenters. The first-order valence-corrected chi connectivity index (χ1v) is 28.3. The van der Waals surface area contributed by atoms with Crippen LogP contribution in [0.4, 0.5) is 11.9 Å². The number of carbonyl (C=O) groups is 4. The first kappa shape index (κ1) is 55.9. The van der Waals surface area contributed by atoms with Gasteiger partial charge in [0, 0.05) is 50.1 Å². The summed E-state index contributed by atoms with van der Waals surface area (Å²) in [4.78, 5) is 65.0. The molecule has 17 nitrogen and oxygen atoms in total. The van der Waals surface area contributed by atoms with Gasteiger partial charge in [0.1, 0.15) is 34.7 Å². The van der Waals surface area contributed by atoms with Gasteiger partial charge < -0.3 is 33.1 Å². The third kappa shape index (κ3) is 13.5. The van der Waals surface area contributed by atoms with Crippen LogP contribution in [0.3, 0.4) is 0 Å². The van der Waals surface area contributed by atoms with E-state index in [4.69, 9.17) is 24.2 Å². The van der Waals surface area contributed by atoms with Crippen molar-refractivity contribution < 1.29 is 41.8 Å². The van der Waals surface area contributed by atoms with Crippen LogP contribution in [0.15, 0.2) is 110 Å². The summed E-state index contributed by atoms with van der Waals surface area (Å²) in [5, 5.41) is 6.08. The van der Waals surface area contributed by atoms with Gasteiger partial charge in [-0.15, -0.1) is 0 Å². The van der Waals surface area contributed by atoms with Crippen molar-refractivity contribution in [3.8, 4) is 11.5 Å². The maximum absolute atomic E-state index is 13.3. The van der Waals surface area contributed by atoms with Crippen molar-refractivity contribution in [1.29, 1.82) is 0 Å². The van der Waals surface area contributed by atoms with E-state index < -0.39 is 9.84 Å². The van der Waals surface area contributed by atoms with Crippen molar-refractivity contribution in [2.75, 3.05) is 61.5 Å². The molecule has 18 heteroatoms. The number of fused-ring (bicyclic) bond motifs is 2. The monoisotopic (exact) mass is 1070 g/mol. The highest BCUT2D eigenvalue weighted by molar-refractivity contribution is 7.91. The van der Waals surface area contributed by atoms with E-state index in [0.717, 1.165) is 84.8 Å². The molecule has 2 aromatic heterocycles. The topological polar surface area (TPSA) is 196 Å². The van der Waals surface area contributed by atoms with Crippen LogP contribution in [-0.4, -0.2) is 124 Å². The molecule has 4 aliphatic rings. The first-order valence-electron chi connectivity index (χ1n) is 26.5. The number of aromatic nitrogens is 4. The molecule has 4 aromatic carbocycles. The number of nitrogens with zero attached hydrogens (tertiary/aromatic N) is 6. The maximum Gasteiger partial charge on any atom is 0.257 e. The normalized spacial score (nSPS) is 19.1. The maximum atomic E-state index is 13.3. The van der Waals surface area contributed by atoms with Crippen LogP contribution in [0.2, 0.25) is 0 Å². The van der Waals surface area contributed by atoms with Gasteiger partial charge in [-0.05, 0) is 126 Å². The standard InChI is InChI=1S/C29H34N4O5S.C29H34N4O4.CH4/c1-3-26(34)32-15-5-4-10-22(19-32)33-27-24(30-29(33)31-28(35)21-9-6-8-20(2)18-21)11-7-12-25(27)38-23-13-16-39(36,37)17-14-23;1-3-26(34)32-15-5-4-10-22(19-32)33-27-24(11-7-12-25(27)37-23-13-16-36-17-14-23)30-29(33)31-28(35)21-9-6-8-20(2)18-21;/h3,6-9,11-12,18,22-23H,1,4-5,10,13-17,19H2,2H3,(H,30,31,35);3,6-9,11-12,18,22-23H,1,4-5,10,13-17,19H2,2H3,(H,30,31,35);1H4/t2*22-;/m11./s1. The van der Waals surface area contributed by atoms with E-state index in [1.165, 1.54) is 12.2 Å². The smallest absolute Gasteiger partial charge is 0.257 e. The number of hydrogen-bond donors (Lipinski definition) is 2. The van der Waals surface area contributed by atoms with Crippen LogP contribution in [0.5, 0.6) is 11.5 Å². The molecule has 10 rings (SSSR count). The summed E-state index contributed by atoms with van der Waals surface area (Å²) >= 11 is 0. The van der Waals surface area contributed by atoms with E-state index in [-0.39, 0.29) is 66.9 Å². The van der Waals surface area contributed by atoms with Crippen LogP contribution >= 0.6 is 0 Å². The zero-order chi connectivity index (χ0) is 53.3. The number of benzene rings is 4. The Bertz CT molecular complexity index is 3220. The van der Waals surface area contributed by atoms with Crippen LogP contribution in [0.1, 0.15) is 116 Å². The van der Waals surface area contributed by atoms with Crippen LogP contribution in [0.25, 0.3) is 22.1 Å². The number of likely N-dealkylation sites (tertiary alicyclic amines) is 2. The molecule has 0 radical (unpaired) electrons. The molecule has 6 aromatic rings. The molecular weight excluding hydrogens is 997 g/mol. The number of sulfone groups is 1. The second kappa shape index (κ2) is 25.2. The molecule has 4 fully saturated rings. The van der Waals surface area contributed by atoms with Gasteiger partial charge in [0.25, 0.3) is 11.8 Å². The minimum Gasteiger partial charge on any atom is -0.488 e. The van der Waals surface area contributed by atoms with E-state index >= 15 is 0 Å². The summed E-state index contributed by atoms with van der Waals surface area (Å²) < 4.78 is 46.4. The number of amides is 4. The molecule has 2 N–H and O–H groups in total. The molecular formula is C59H72N8O9S. The average molecular weight is 1070 g/mol. The van der Waals surface area contributed by atoms with Gasteiger partial charge in [-0.25, -0.2) is 18.4 Å². The van der Waals surface area contributed by atoms with E-state index in [1.807, 2.05) is 96.1 Å². The van der Waals surface area contributed by atoms with Gasteiger partial charge in [-0.1, -0.05) is 68.1 Å². The third-order valence-electron chi connectivity index (χ3n) is 14.6. The van der Waals surface area contributed by atoms with Crippen LogP contribution < -0.4 is 20.1 Å². The number of carbonyl (C=O) groups excluding carboxylic acids is 4. The molecule has 2 atom stereocenters. The Morgan fingerprint density at radius 1 is 0.610 bits per heavy atom. The lowest BCUT2D eigenvalue weighted by Crippen LogP contribution is -2.34. The Labute approximate surface area is 451 Å². The van der Waals surface area contributed by atoms with E-state index in [2.05, 4.69) is 28.4 Å². The highest BCUT2D eigenvalue weighted by Gasteiger charge is 2.32. The second-order valence-corrected chi connectivity index (χ2v) is 22.5. The minimum atomic E-state index is -3.03. The van der Waals surface area contributed by atoms with Crippen molar-refractivity contribution in [1.82, 2.24) is 28.9 Å². The summed E-state index contributed by atoms with van der Waals surface area (Å²) in [6, 6.07) is 26.0. The lowest BCUT2D eigenvalue weighted by Gasteiger charge is -2.27. The highest BCUT2D eigenvalue weighted by Crippen LogP contribution is 2.38. The van der Waals surface area contributed by atoms with Crippen molar-refractivity contribution in [3.05, 3.63) is 132 Å². The number of imidazole rings is 2. The Morgan fingerprint density at radius 2 is 1.04 bits per heavy atom. The molecule has 77 heavy (non-hydrogen) atoms. The predicted octanol–water partition coefficient (Wildman–Crippen LogP) is 9.82. The van der Waals surface area contributed by atoms with Gasteiger partial charge in [-0.2, -0.15) is 0 Å². The predicted molar refractivity (Wildman–Crippen MR) is 301 cm³/mol. The second-order valence-electron chi connectivity index (χ2n) is 20.2. The summed E-state index contributed by atoms with van der Waals surface area (Å²) in [6.45, 7) is 14.9. The number of ether oxygens (including phenoxy) is 3. The number of para-hydroxylation sites is 2. The molecule has 0 spiro atoms. The molecule has 4 aliphatic heterocycles. The van der Waals surface area contributed by atoms with Gasteiger partial charge in [0.05, 0.1) is 47.8 Å². The molecule has 4 amide bonds. The van der Waals surface area contributed by atoms with E-state index in [9.17, 15) is 27.6 Å². The van der Waals surface area contributed by atoms with Crippen LogP contribution in [0, 0.1) is 13.8 Å². The fraction of sp³-hybridized carbons (Fsp3) is 0.424. The van der Waals surface area contributed by atoms with Crippen LogP contribution in [-0.2, 0) is 24.2 Å². The number of nitrogens with one attached hydrogen (secondary N) is 2. The molecule has 0 bridgehead atoms. The molecule has 4 saturated heterocycles. The van der Waals surface area contributed by atoms with E-state index in [1.54, 1.807) is 17.0 Å². The summed E-state index contributed by atoms with van der Waals surface area (Å²) in [7, 11) is -3.03. The highest BCUT2D eigenvalue weighted by atomic mass is 32.2. The fourth-order valence-electron chi connectivity index (χ4n) is 10.7. The average Bonchev–Trinajstić information content (AvgIpc) is 3.85. The number of hydrogen-bond acceptors (Lipinski definition) is 11. The lowest BCUT2D eigenvalue weighted by molar-refractivity contribution is -0.127. The molecule has 6 heterocycles. The van der Waals surface area contributed by atoms with Gasteiger partial charge in [-0.3, -0.25) is 29.8 Å². The van der Waals surface area contributed by atoms with Gasteiger partial charge in [0.2, 0.25) is 23.7 Å². The Hall–Kier alpha value is -7.31. The van der Waals surface area contributed by atoms with Crippen molar-refractivity contribution >= 4 is 67.4 Å². The molecule has 408 valence electrons. The quantitative estimate of drug-likeness (QED) is 0.111. The van der Waals surface area contributed by atoms with Crippen molar-refractivity contribution in [3.63, 3.8) is 0 Å². The zero-order valence-corrected chi connectivity index (χ0v) is 44.3. The molecule has 0 aliphatic carbocycles. The summed E-state index contributed by atoms with van der Waals surface area (Å²) in [5.41, 5.74) is 6.05. The lowest BCUT2D eigenvalue weighted by atomic mass is 10.1. The first-order chi connectivity index (χ1) is 36.8. The third-order valence-corrected chi connectivity index (χ3v) is 16.3. The minimum absolute atomic E-state index is 0. The largest absolute Gasteiger partial charge is 0.488 e. The van der Waals surface area contributed by atoms with Gasteiger partial charge in [0.15, 0.2) is 9.84 Å². The number of aryl methyl sites for hydroxylation is 2. The van der Waals surface area contributed by atoms with Crippen molar-refractivity contribution in [2.45, 2.75) is 110 Å². The SMILES string of the molecule is C.C=CC(=O)N1CCCC[C@@H](n2c(NC(=O)c3cccc(C)c3)nc3cccc(OC4CCOCC4)c32)C1.C=CC(=O)N1CCCC[C@@H](n2c(NC(=O)c3cccc(C)c3)nc3cccc(OC4CCS(=O)(=O)CC4)c32)C1. The Balaban J connectivity index is 0.000000201. The molecule has 0 saturated carbocycles.